The second-order valence-corrected chi connectivity index (χ2v) is 6.82. The lowest BCUT2D eigenvalue weighted by molar-refractivity contribution is 0.0544. The third-order valence-corrected chi connectivity index (χ3v) is 4.79. The maximum Gasteiger partial charge on any atom is 0.254 e. The molecule has 0 atom stereocenters. The van der Waals surface area contributed by atoms with Crippen LogP contribution in [0.25, 0.3) is 0 Å². The van der Waals surface area contributed by atoms with E-state index < -0.39 is 0 Å². The second-order valence-electron chi connectivity index (χ2n) is 5.90. The number of carbonyl (C=O) groups is 2. The van der Waals surface area contributed by atoms with E-state index in [-0.39, 0.29) is 17.8 Å². The lowest BCUT2D eigenvalue weighted by Gasteiger charge is -2.30. The third kappa shape index (κ3) is 3.57. The highest BCUT2D eigenvalue weighted by Gasteiger charge is 2.25. The van der Waals surface area contributed by atoms with Crippen molar-refractivity contribution in [1.29, 1.82) is 0 Å². The molecule has 1 N–H and O–H groups in total. The molecule has 1 amide bonds. The highest BCUT2D eigenvalue weighted by molar-refractivity contribution is 9.10. The Labute approximate surface area is 149 Å². The molecule has 1 saturated heterocycles. The number of rotatable bonds is 3. The third-order valence-electron chi connectivity index (χ3n) is 4.26. The molecular formula is C19H18BrNO3. The average Bonchev–Trinajstić information content (AvgIpc) is 2.62. The zero-order valence-corrected chi connectivity index (χ0v) is 14.7. The average molecular weight is 388 g/mol. The van der Waals surface area contributed by atoms with Crippen LogP contribution in [0.15, 0.2) is 53.0 Å². The fraction of sp³-hybridized carbons (Fsp3) is 0.263. The van der Waals surface area contributed by atoms with Gasteiger partial charge in [-0.2, -0.15) is 0 Å². The van der Waals surface area contributed by atoms with Crippen LogP contribution in [-0.4, -0.2) is 40.9 Å². The number of halogens is 1. The molecule has 0 bridgehead atoms. The molecule has 4 nitrogen and oxygen atoms in total. The molecular weight excluding hydrogens is 370 g/mol. The molecule has 2 aromatic rings. The standard InChI is InChI=1S/C19H18BrNO3/c20-14-7-5-13(6-8-14)18(23)16-3-1-2-4-17(16)19(24)21-11-9-15(22)10-12-21/h1-8,15,22H,9-12H2. The van der Waals surface area contributed by atoms with Gasteiger partial charge in [-0.15, -0.1) is 0 Å². The summed E-state index contributed by atoms with van der Waals surface area (Å²) in [6.45, 7) is 1.03. The van der Waals surface area contributed by atoms with Crippen LogP contribution in [0.4, 0.5) is 0 Å². The molecule has 2 aromatic carbocycles. The predicted octanol–water partition coefficient (Wildman–Crippen LogP) is 3.28. The van der Waals surface area contributed by atoms with Crippen LogP contribution in [0, 0.1) is 0 Å². The SMILES string of the molecule is O=C(c1ccc(Br)cc1)c1ccccc1C(=O)N1CCC(O)CC1. The van der Waals surface area contributed by atoms with Gasteiger partial charge in [0.2, 0.25) is 0 Å². The molecule has 3 rings (SSSR count). The molecule has 0 spiro atoms. The Kier molecular flexibility index (Phi) is 5.11. The zero-order valence-electron chi connectivity index (χ0n) is 13.1. The van der Waals surface area contributed by atoms with Crippen LogP contribution in [0.2, 0.25) is 0 Å². The van der Waals surface area contributed by atoms with Crippen molar-refractivity contribution in [2.24, 2.45) is 0 Å². The maximum absolute atomic E-state index is 12.8. The molecule has 1 heterocycles. The number of ketones is 1. The summed E-state index contributed by atoms with van der Waals surface area (Å²) in [7, 11) is 0. The Morgan fingerprint density at radius 2 is 1.54 bits per heavy atom. The number of benzene rings is 2. The van der Waals surface area contributed by atoms with Gasteiger partial charge in [0, 0.05) is 28.7 Å². The fourth-order valence-corrected chi connectivity index (χ4v) is 3.13. The van der Waals surface area contributed by atoms with Gasteiger partial charge < -0.3 is 10.0 Å². The Hall–Kier alpha value is -1.98. The van der Waals surface area contributed by atoms with Gasteiger partial charge in [0.1, 0.15) is 0 Å². The summed E-state index contributed by atoms with van der Waals surface area (Å²) >= 11 is 3.35. The molecule has 1 aliphatic rings. The van der Waals surface area contributed by atoms with Crippen molar-refractivity contribution in [2.45, 2.75) is 18.9 Å². The van der Waals surface area contributed by atoms with Gasteiger partial charge >= 0.3 is 0 Å². The molecule has 1 aliphatic heterocycles. The van der Waals surface area contributed by atoms with Crippen molar-refractivity contribution in [1.82, 2.24) is 4.90 Å². The van der Waals surface area contributed by atoms with Crippen molar-refractivity contribution >= 4 is 27.6 Å². The van der Waals surface area contributed by atoms with Crippen molar-refractivity contribution < 1.29 is 14.7 Å². The summed E-state index contributed by atoms with van der Waals surface area (Å²) in [6, 6.07) is 14.0. The lowest BCUT2D eigenvalue weighted by Crippen LogP contribution is -2.40. The maximum atomic E-state index is 12.8. The van der Waals surface area contributed by atoms with Gasteiger partial charge in [0.25, 0.3) is 5.91 Å². The van der Waals surface area contributed by atoms with Crippen LogP contribution >= 0.6 is 15.9 Å². The summed E-state index contributed by atoms with van der Waals surface area (Å²) < 4.78 is 0.898. The van der Waals surface area contributed by atoms with E-state index in [9.17, 15) is 14.7 Å². The Morgan fingerprint density at radius 3 is 2.17 bits per heavy atom. The first-order chi connectivity index (χ1) is 11.6. The molecule has 0 aromatic heterocycles. The monoisotopic (exact) mass is 387 g/mol. The Morgan fingerprint density at radius 1 is 0.958 bits per heavy atom. The quantitative estimate of drug-likeness (QED) is 0.822. The lowest BCUT2D eigenvalue weighted by atomic mass is 9.97. The second kappa shape index (κ2) is 7.28. The minimum Gasteiger partial charge on any atom is -0.393 e. The number of aliphatic hydroxyl groups excluding tert-OH is 1. The van der Waals surface area contributed by atoms with E-state index in [1.54, 1.807) is 41.3 Å². The van der Waals surface area contributed by atoms with Gasteiger partial charge in [-0.1, -0.05) is 34.1 Å². The summed E-state index contributed by atoms with van der Waals surface area (Å²) in [5, 5.41) is 9.60. The van der Waals surface area contributed by atoms with E-state index in [0.29, 0.717) is 42.6 Å². The number of carbonyl (C=O) groups excluding carboxylic acids is 2. The van der Waals surface area contributed by atoms with E-state index in [0.717, 1.165) is 4.47 Å². The van der Waals surface area contributed by atoms with Crippen LogP contribution < -0.4 is 0 Å². The summed E-state index contributed by atoms with van der Waals surface area (Å²) in [4.78, 5) is 27.3. The minimum atomic E-state index is -0.339. The number of hydrogen-bond donors (Lipinski definition) is 1. The number of nitrogens with zero attached hydrogens (tertiary/aromatic N) is 1. The molecule has 24 heavy (non-hydrogen) atoms. The first-order valence-corrected chi connectivity index (χ1v) is 8.72. The summed E-state index contributed by atoms with van der Waals surface area (Å²) in [5.74, 6) is -0.313. The molecule has 0 radical (unpaired) electrons. The van der Waals surface area contributed by atoms with Gasteiger partial charge in [0.05, 0.1) is 11.7 Å². The number of aliphatic hydroxyl groups is 1. The van der Waals surface area contributed by atoms with Crippen molar-refractivity contribution in [3.63, 3.8) is 0 Å². The Balaban J connectivity index is 1.89. The number of likely N-dealkylation sites (tertiary alicyclic amines) is 1. The van der Waals surface area contributed by atoms with Crippen molar-refractivity contribution in [3.05, 3.63) is 69.7 Å². The highest BCUT2D eigenvalue weighted by Crippen LogP contribution is 2.20. The first-order valence-electron chi connectivity index (χ1n) is 7.93. The van der Waals surface area contributed by atoms with E-state index in [4.69, 9.17) is 0 Å². The largest absolute Gasteiger partial charge is 0.393 e. The highest BCUT2D eigenvalue weighted by atomic mass is 79.9. The van der Waals surface area contributed by atoms with Gasteiger partial charge in [0.15, 0.2) is 5.78 Å². The smallest absolute Gasteiger partial charge is 0.254 e. The molecule has 0 saturated carbocycles. The topological polar surface area (TPSA) is 57.6 Å². The Bertz CT molecular complexity index is 749. The van der Waals surface area contributed by atoms with E-state index in [1.165, 1.54) is 0 Å². The first kappa shape index (κ1) is 16.9. The van der Waals surface area contributed by atoms with Crippen molar-refractivity contribution in [2.75, 3.05) is 13.1 Å². The minimum absolute atomic E-state index is 0.150. The number of amides is 1. The van der Waals surface area contributed by atoms with E-state index >= 15 is 0 Å². The van der Waals surface area contributed by atoms with Crippen LogP contribution in [0.5, 0.6) is 0 Å². The molecule has 1 fully saturated rings. The predicted molar refractivity (Wildman–Crippen MR) is 95.2 cm³/mol. The number of hydrogen-bond acceptors (Lipinski definition) is 3. The van der Waals surface area contributed by atoms with E-state index in [2.05, 4.69) is 15.9 Å². The van der Waals surface area contributed by atoms with Crippen LogP contribution in [0.1, 0.15) is 39.1 Å². The zero-order chi connectivity index (χ0) is 17.1. The fourth-order valence-electron chi connectivity index (χ4n) is 2.86. The van der Waals surface area contributed by atoms with E-state index in [1.807, 2.05) is 12.1 Å². The molecule has 0 aliphatic carbocycles. The normalized spacial score (nSPS) is 15.3. The van der Waals surface area contributed by atoms with Crippen molar-refractivity contribution in [3.8, 4) is 0 Å². The summed E-state index contributed by atoms with van der Waals surface area (Å²) in [6.07, 6.45) is 0.817. The van der Waals surface area contributed by atoms with Crippen LogP contribution in [-0.2, 0) is 0 Å². The van der Waals surface area contributed by atoms with Gasteiger partial charge in [-0.3, -0.25) is 9.59 Å². The molecule has 124 valence electrons. The summed E-state index contributed by atoms with van der Waals surface area (Å²) in [5.41, 5.74) is 1.38. The molecule has 5 heteroatoms. The number of piperidine rings is 1. The molecule has 0 unspecified atom stereocenters. The van der Waals surface area contributed by atoms with Gasteiger partial charge in [-0.05, 0) is 43.2 Å². The van der Waals surface area contributed by atoms with Crippen LogP contribution in [0.3, 0.4) is 0 Å². The van der Waals surface area contributed by atoms with Gasteiger partial charge in [-0.25, -0.2) is 0 Å².